The van der Waals surface area contributed by atoms with Crippen LogP contribution in [-0.2, 0) is 18.4 Å². The molecule has 2 aromatic heterocycles. The standard InChI is InChI=1S/C21H21FN4/c22-18-3-1-12-24-20(18)21(10-2-11-21)13-17-8-9-19(26-25-17)16-6-4-15(14-23)5-7-16/h1,3-9,12H,2,10-11,13-14,23H2. The van der Waals surface area contributed by atoms with E-state index in [1.54, 1.807) is 12.3 Å². The summed E-state index contributed by atoms with van der Waals surface area (Å²) >= 11 is 0. The molecule has 0 radical (unpaired) electrons. The Morgan fingerprint density at radius 1 is 1.00 bits per heavy atom. The van der Waals surface area contributed by atoms with Crippen LogP contribution >= 0.6 is 0 Å². The van der Waals surface area contributed by atoms with Gasteiger partial charge in [-0.25, -0.2) is 4.39 Å². The van der Waals surface area contributed by atoms with Crippen LogP contribution in [0.2, 0.25) is 0 Å². The second-order valence-corrected chi connectivity index (χ2v) is 6.96. The lowest BCUT2D eigenvalue weighted by Crippen LogP contribution is -2.38. The summed E-state index contributed by atoms with van der Waals surface area (Å²) in [5.74, 6) is -0.225. The van der Waals surface area contributed by atoms with Gasteiger partial charge in [0.25, 0.3) is 0 Å². The van der Waals surface area contributed by atoms with Gasteiger partial charge in [-0.15, -0.1) is 0 Å². The van der Waals surface area contributed by atoms with E-state index in [1.807, 2.05) is 36.4 Å². The number of pyridine rings is 1. The van der Waals surface area contributed by atoms with Crippen molar-refractivity contribution in [1.82, 2.24) is 15.2 Å². The Bertz CT molecular complexity index is 887. The first-order chi connectivity index (χ1) is 12.7. The highest BCUT2D eigenvalue weighted by atomic mass is 19.1. The van der Waals surface area contributed by atoms with Crippen LogP contribution in [0, 0.1) is 5.82 Å². The summed E-state index contributed by atoms with van der Waals surface area (Å²) in [6.07, 6.45) is 5.30. The maximum absolute atomic E-state index is 14.2. The summed E-state index contributed by atoms with van der Waals surface area (Å²) in [4.78, 5) is 4.32. The average Bonchev–Trinajstić information content (AvgIpc) is 2.66. The van der Waals surface area contributed by atoms with E-state index in [9.17, 15) is 4.39 Å². The molecular weight excluding hydrogens is 327 g/mol. The third-order valence-electron chi connectivity index (χ3n) is 5.30. The minimum Gasteiger partial charge on any atom is -0.326 e. The fourth-order valence-corrected chi connectivity index (χ4v) is 3.64. The smallest absolute Gasteiger partial charge is 0.145 e. The van der Waals surface area contributed by atoms with Crippen molar-refractivity contribution in [2.75, 3.05) is 0 Å². The summed E-state index contributed by atoms with van der Waals surface area (Å²) in [6, 6.07) is 15.1. The summed E-state index contributed by atoms with van der Waals surface area (Å²) in [5, 5.41) is 8.76. The highest BCUT2D eigenvalue weighted by Gasteiger charge is 2.42. The van der Waals surface area contributed by atoms with Gasteiger partial charge in [-0.2, -0.15) is 10.2 Å². The molecule has 1 aromatic carbocycles. The van der Waals surface area contributed by atoms with Gasteiger partial charge in [-0.05, 0) is 42.7 Å². The van der Waals surface area contributed by atoms with E-state index in [4.69, 9.17) is 5.73 Å². The van der Waals surface area contributed by atoms with Crippen LogP contribution < -0.4 is 5.73 Å². The van der Waals surface area contributed by atoms with E-state index in [0.29, 0.717) is 18.7 Å². The molecule has 132 valence electrons. The van der Waals surface area contributed by atoms with Gasteiger partial charge in [-0.1, -0.05) is 30.7 Å². The summed E-state index contributed by atoms with van der Waals surface area (Å²) in [6.45, 7) is 0.525. The SMILES string of the molecule is NCc1ccc(-c2ccc(CC3(c4ncccc4F)CCC3)nn2)cc1. The van der Waals surface area contributed by atoms with Crippen molar-refractivity contribution in [2.45, 2.75) is 37.6 Å². The number of halogens is 1. The van der Waals surface area contributed by atoms with Crippen LogP contribution in [0.4, 0.5) is 4.39 Å². The predicted molar refractivity (Wildman–Crippen MR) is 98.8 cm³/mol. The van der Waals surface area contributed by atoms with Crippen molar-refractivity contribution in [3.05, 3.63) is 77.5 Å². The molecule has 5 heteroatoms. The van der Waals surface area contributed by atoms with Crippen molar-refractivity contribution in [3.8, 4) is 11.3 Å². The minimum absolute atomic E-state index is 0.225. The molecule has 1 aliphatic rings. The van der Waals surface area contributed by atoms with Crippen LogP contribution in [-0.4, -0.2) is 15.2 Å². The van der Waals surface area contributed by atoms with E-state index < -0.39 is 0 Å². The number of nitrogens with zero attached hydrogens (tertiary/aromatic N) is 3. The molecule has 3 aromatic rings. The van der Waals surface area contributed by atoms with Gasteiger partial charge in [0.2, 0.25) is 0 Å². The first-order valence-electron chi connectivity index (χ1n) is 8.93. The molecule has 1 saturated carbocycles. The molecule has 0 bridgehead atoms. The van der Waals surface area contributed by atoms with Gasteiger partial charge in [0, 0.05) is 30.1 Å². The molecule has 26 heavy (non-hydrogen) atoms. The van der Waals surface area contributed by atoms with Crippen molar-refractivity contribution in [2.24, 2.45) is 5.73 Å². The van der Waals surface area contributed by atoms with E-state index in [2.05, 4.69) is 15.2 Å². The van der Waals surface area contributed by atoms with Gasteiger partial charge >= 0.3 is 0 Å². The first kappa shape index (κ1) is 16.8. The van der Waals surface area contributed by atoms with E-state index in [0.717, 1.165) is 41.8 Å². The molecule has 0 unspecified atom stereocenters. The molecule has 4 nitrogen and oxygen atoms in total. The number of rotatable bonds is 5. The zero-order chi connectivity index (χ0) is 18.0. The Kier molecular flexibility index (Phi) is 4.47. The van der Waals surface area contributed by atoms with E-state index in [1.165, 1.54) is 6.07 Å². The molecule has 1 aliphatic carbocycles. The molecular formula is C21H21FN4. The third kappa shape index (κ3) is 3.10. The topological polar surface area (TPSA) is 64.7 Å². The lowest BCUT2D eigenvalue weighted by molar-refractivity contribution is 0.223. The monoisotopic (exact) mass is 348 g/mol. The van der Waals surface area contributed by atoms with Crippen LogP contribution in [0.25, 0.3) is 11.3 Å². The predicted octanol–water partition coefficient (Wildman–Crippen LogP) is 3.80. The van der Waals surface area contributed by atoms with Crippen molar-refractivity contribution < 1.29 is 4.39 Å². The van der Waals surface area contributed by atoms with Crippen molar-refractivity contribution in [1.29, 1.82) is 0 Å². The molecule has 1 fully saturated rings. The van der Waals surface area contributed by atoms with Gasteiger partial charge in [0.05, 0.1) is 17.1 Å². The highest BCUT2D eigenvalue weighted by molar-refractivity contribution is 5.58. The molecule has 0 saturated heterocycles. The highest BCUT2D eigenvalue weighted by Crippen LogP contribution is 2.45. The number of hydrogen-bond acceptors (Lipinski definition) is 4. The Hall–Kier alpha value is -2.66. The summed E-state index contributed by atoms with van der Waals surface area (Å²) in [5.41, 5.74) is 9.74. The largest absolute Gasteiger partial charge is 0.326 e. The van der Waals surface area contributed by atoms with Gasteiger partial charge in [-0.3, -0.25) is 4.98 Å². The van der Waals surface area contributed by atoms with Crippen molar-refractivity contribution in [3.63, 3.8) is 0 Å². The lowest BCUT2D eigenvalue weighted by Gasteiger charge is -2.41. The zero-order valence-electron chi connectivity index (χ0n) is 14.5. The van der Waals surface area contributed by atoms with Crippen molar-refractivity contribution >= 4 is 0 Å². The Labute approximate surface area is 152 Å². The third-order valence-corrected chi connectivity index (χ3v) is 5.30. The molecule has 0 atom stereocenters. The summed E-state index contributed by atoms with van der Waals surface area (Å²) in [7, 11) is 0. The molecule has 2 heterocycles. The van der Waals surface area contributed by atoms with Gasteiger partial charge < -0.3 is 5.73 Å². The van der Waals surface area contributed by atoms with E-state index in [-0.39, 0.29) is 11.2 Å². The Balaban J connectivity index is 1.56. The lowest BCUT2D eigenvalue weighted by atomic mass is 9.63. The quantitative estimate of drug-likeness (QED) is 0.762. The molecule has 0 spiro atoms. The number of aromatic nitrogens is 3. The number of hydrogen-bond donors (Lipinski definition) is 1. The van der Waals surface area contributed by atoms with Crippen LogP contribution in [0.15, 0.2) is 54.7 Å². The average molecular weight is 348 g/mol. The minimum atomic E-state index is -0.246. The van der Waals surface area contributed by atoms with Crippen LogP contribution in [0.5, 0.6) is 0 Å². The number of nitrogens with two attached hydrogens (primary N) is 1. The summed E-state index contributed by atoms with van der Waals surface area (Å²) < 4.78 is 14.2. The maximum atomic E-state index is 14.2. The number of benzene rings is 1. The second kappa shape index (κ2) is 6.92. The van der Waals surface area contributed by atoms with E-state index >= 15 is 0 Å². The van der Waals surface area contributed by atoms with Gasteiger partial charge in [0.1, 0.15) is 5.82 Å². The fourth-order valence-electron chi connectivity index (χ4n) is 3.64. The normalized spacial score (nSPS) is 15.5. The van der Waals surface area contributed by atoms with Crippen LogP contribution in [0.3, 0.4) is 0 Å². The Morgan fingerprint density at radius 2 is 1.81 bits per heavy atom. The van der Waals surface area contributed by atoms with Gasteiger partial charge in [0.15, 0.2) is 0 Å². The second-order valence-electron chi connectivity index (χ2n) is 6.96. The maximum Gasteiger partial charge on any atom is 0.145 e. The fraction of sp³-hybridized carbons (Fsp3) is 0.286. The molecule has 4 rings (SSSR count). The zero-order valence-corrected chi connectivity index (χ0v) is 14.5. The van der Waals surface area contributed by atoms with Crippen LogP contribution in [0.1, 0.15) is 36.2 Å². The molecule has 0 aliphatic heterocycles. The Morgan fingerprint density at radius 3 is 2.38 bits per heavy atom. The molecule has 0 amide bonds. The first-order valence-corrected chi connectivity index (χ1v) is 8.93. The molecule has 2 N–H and O–H groups in total.